The Balaban J connectivity index is 0.000000771. The molecule has 0 radical (unpaired) electrons. The molecule has 2 heterocycles. The van der Waals surface area contributed by atoms with Crippen molar-refractivity contribution in [3.63, 3.8) is 0 Å². The summed E-state index contributed by atoms with van der Waals surface area (Å²) in [7, 11) is 2.10. The fourth-order valence-electron chi connectivity index (χ4n) is 1.76. The molecule has 2 rings (SSSR count). The standard InChI is InChI=1S/C11H15N3O2.C2H4/c1-13-4-6-14(7-5-13)9-2-3-10(11(15)16)12-8-9;1-2/h2-3,8H,4-7H2,1H3,(H,15,16);1-2H2. The number of hydrogen-bond acceptors (Lipinski definition) is 4. The Kier molecular flexibility index (Phi) is 5.32. The molecule has 1 aliphatic heterocycles. The number of nitrogens with zero attached hydrogens (tertiary/aromatic N) is 3. The van der Waals surface area contributed by atoms with E-state index in [-0.39, 0.29) is 5.69 Å². The largest absolute Gasteiger partial charge is 0.477 e. The number of carboxylic acids is 1. The second-order valence-electron chi connectivity index (χ2n) is 4.00. The van der Waals surface area contributed by atoms with Crippen molar-refractivity contribution < 1.29 is 9.90 Å². The number of carbonyl (C=O) groups is 1. The van der Waals surface area contributed by atoms with Crippen molar-refractivity contribution in [1.82, 2.24) is 9.88 Å². The van der Waals surface area contributed by atoms with Crippen molar-refractivity contribution in [3.8, 4) is 0 Å². The van der Waals surface area contributed by atoms with Crippen LogP contribution in [0, 0.1) is 0 Å². The molecular weight excluding hydrogens is 230 g/mol. The first kappa shape index (κ1) is 14.2. The number of aromatic carboxylic acids is 1. The molecule has 0 atom stereocenters. The molecule has 1 aromatic rings. The average molecular weight is 249 g/mol. The molecule has 1 aromatic heterocycles. The van der Waals surface area contributed by atoms with E-state index < -0.39 is 5.97 Å². The smallest absolute Gasteiger partial charge is 0.354 e. The maximum Gasteiger partial charge on any atom is 0.354 e. The highest BCUT2D eigenvalue weighted by molar-refractivity contribution is 5.85. The van der Waals surface area contributed by atoms with Crippen LogP contribution in [0.3, 0.4) is 0 Å². The van der Waals surface area contributed by atoms with E-state index in [4.69, 9.17) is 5.11 Å². The van der Waals surface area contributed by atoms with E-state index in [1.807, 2.05) is 6.07 Å². The third kappa shape index (κ3) is 3.56. The van der Waals surface area contributed by atoms with Gasteiger partial charge in [0.25, 0.3) is 0 Å². The highest BCUT2D eigenvalue weighted by Crippen LogP contribution is 2.14. The van der Waals surface area contributed by atoms with E-state index in [1.54, 1.807) is 12.3 Å². The van der Waals surface area contributed by atoms with Crippen molar-refractivity contribution in [3.05, 3.63) is 37.2 Å². The number of pyridine rings is 1. The molecule has 0 spiro atoms. The molecule has 0 unspecified atom stereocenters. The number of anilines is 1. The highest BCUT2D eigenvalue weighted by Gasteiger charge is 2.14. The van der Waals surface area contributed by atoms with Crippen molar-refractivity contribution in [2.24, 2.45) is 0 Å². The number of aromatic nitrogens is 1. The van der Waals surface area contributed by atoms with Gasteiger partial charge in [-0.1, -0.05) is 0 Å². The molecule has 18 heavy (non-hydrogen) atoms. The van der Waals surface area contributed by atoms with Gasteiger partial charge in [0.05, 0.1) is 11.9 Å². The first-order valence-corrected chi connectivity index (χ1v) is 5.79. The van der Waals surface area contributed by atoms with Gasteiger partial charge in [-0.3, -0.25) is 0 Å². The molecule has 5 heteroatoms. The molecule has 1 aliphatic rings. The summed E-state index contributed by atoms with van der Waals surface area (Å²) in [6.45, 7) is 9.98. The fourth-order valence-corrected chi connectivity index (χ4v) is 1.76. The first-order chi connectivity index (χ1) is 8.66. The Hall–Kier alpha value is -1.88. The predicted molar refractivity (Wildman–Crippen MR) is 72.2 cm³/mol. The van der Waals surface area contributed by atoms with E-state index in [9.17, 15) is 4.79 Å². The lowest BCUT2D eigenvalue weighted by Gasteiger charge is -2.33. The third-order valence-electron chi connectivity index (χ3n) is 2.84. The summed E-state index contributed by atoms with van der Waals surface area (Å²) in [5.41, 5.74) is 1.09. The van der Waals surface area contributed by atoms with Crippen LogP contribution in [-0.4, -0.2) is 54.2 Å². The van der Waals surface area contributed by atoms with Crippen LogP contribution in [-0.2, 0) is 0 Å². The maximum absolute atomic E-state index is 10.6. The van der Waals surface area contributed by atoms with Gasteiger partial charge in [-0.05, 0) is 19.2 Å². The zero-order valence-corrected chi connectivity index (χ0v) is 10.7. The van der Waals surface area contributed by atoms with Gasteiger partial charge in [-0.25, -0.2) is 9.78 Å². The van der Waals surface area contributed by atoms with E-state index in [0.717, 1.165) is 31.9 Å². The maximum atomic E-state index is 10.6. The van der Waals surface area contributed by atoms with Gasteiger partial charge in [0.1, 0.15) is 5.69 Å². The summed E-state index contributed by atoms with van der Waals surface area (Å²) in [5, 5.41) is 8.74. The van der Waals surface area contributed by atoms with E-state index in [1.165, 1.54) is 0 Å². The summed E-state index contributed by atoms with van der Waals surface area (Å²) in [6, 6.07) is 3.37. The Bertz CT molecular complexity index is 384. The van der Waals surface area contributed by atoms with Crippen LogP contribution in [0.5, 0.6) is 0 Å². The monoisotopic (exact) mass is 249 g/mol. The summed E-state index contributed by atoms with van der Waals surface area (Å²) in [6.07, 6.45) is 1.63. The van der Waals surface area contributed by atoms with Gasteiger partial charge in [0, 0.05) is 26.2 Å². The molecule has 0 aliphatic carbocycles. The molecule has 0 amide bonds. The molecule has 0 saturated carbocycles. The van der Waals surface area contributed by atoms with Gasteiger partial charge in [0.2, 0.25) is 0 Å². The number of rotatable bonds is 2. The van der Waals surface area contributed by atoms with Gasteiger partial charge in [0.15, 0.2) is 0 Å². The van der Waals surface area contributed by atoms with Gasteiger partial charge in [-0.15, -0.1) is 13.2 Å². The van der Waals surface area contributed by atoms with Crippen LogP contribution in [0.25, 0.3) is 0 Å². The van der Waals surface area contributed by atoms with Crippen molar-refractivity contribution in [1.29, 1.82) is 0 Å². The van der Waals surface area contributed by atoms with E-state index in [0.29, 0.717) is 0 Å². The molecule has 0 aromatic carbocycles. The molecule has 98 valence electrons. The van der Waals surface area contributed by atoms with Crippen molar-refractivity contribution in [2.45, 2.75) is 0 Å². The van der Waals surface area contributed by atoms with Gasteiger partial charge in [-0.2, -0.15) is 0 Å². The summed E-state index contributed by atoms with van der Waals surface area (Å²) in [5.74, 6) is -0.982. The Morgan fingerprint density at radius 3 is 2.33 bits per heavy atom. The summed E-state index contributed by atoms with van der Waals surface area (Å²) >= 11 is 0. The lowest BCUT2D eigenvalue weighted by Crippen LogP contribution is -2.44. The van der Waals surface area contributed by atoms with Gasteiger partial charge >= 0.3 is 5.97 Å². The van der Waals surface area contributed by atoms with Crippen molar-refractivity contribution >= 4 is 11.7 Å². The normalized spacial score (nSPS) is 15.7. The van der Waals surface area contributed by atoms with Crippen LogP contribution in [0.15, 0.2) is 31.5 Å². The van der Waals surface area contributed by atoms with E-state index in [2.05, 4.69) is 35.0 Å². The Morgan fingerprint density at radius 1 is 1.28 bits per heavy atom. The van der Waals surface area contributed by atoms with Crippen LogP contribution in [0.4, 0.5) is 5.69 Å². The first-order valence-electron chi connectivity index (χ1n) is 5.79. The zero-order valence-electron chi connectivity index (χ0n) is 10.7. The lowest BCUT2D eigenvalue weighted by molar-refractivity contribution is 0.0690. The van der Waals surface area contributed by atoms with Crippen LogP contribution in [0.1, 0.15) is 10.5 Å². The minimum absolute atomic E-state index is 0.0953. The zero-order chi connectivity index (χ0) is 13.5. The van der Waals surface area contributed by atoms with Crippen molar-refractivity contribution in [2.75, 3.05) is 38.1 Å². The third-order valence-corrected chi connectivity index (χ3v) is 2.84. The van der Waals surface area contributed by atoms with Crippen LogP contribution >= 0.6 is 0 Å². The predicted octanol–water partition coefficient (Wildman–Crippen LogP) is 1.33. The van der Waals surface area contributed by atoms with Gasteiger partial charge < -0.3 is 14.9 Å². The van der Waals surface area contributed by atoms with Crippen LogP contribution < -0.4 is 4.90 Å². The number of likely N-dealkylation sites (N-methyl/N-ethyl adjacent to an activating group) is 1. The molecule has 1 saturated heterocycles. The SMILES string of the molecule is C=C.CN1CCN(c2ccc(C(=O)O)nc2)CC1. The fraction of sp³-hybridized carbons (Fsp3) is 0.385. The number of piperazine rings is 1. The molecule has 1 fully saturated rings. The number of carboxylic acid groups (broad SMARTS) is 1. The second kappa shape index (κ2) is 6.76. The summed E-state index contributed by atoms with van der Waals surface area (Å²) < 4.78 is 0. The molecule has 1 N–H and O–H groups in total. The number of hydrogen-bond donors (Lipinski definition) is 1. The minimum Gasteiger partial charge on any atom is -0.477 e. The second-order valence-corrected chi connectivity index (χ2v) is 4.00. The molecule has 0 bridgehead atoms. The lowest BCUT2D eigenvalue weighted by atomic mass is 10.2. The molecule has 5 nitrogen and oxygen atoms in total. The quantitative estimate of drug-likeness (QED) is 0.801. The average Bonchev–Trinajstić information content (AvgIpc) is 2.42. The van der Waals surface area contributed by atoms with Crippen LogP contribution in [0.2, 0.25) is 0 Å². The summed E-state index contributed by atoms with van der Waals surface area (Å²) in [4.78, 5) is 19.1. The van der Waals surface area contributed by atoms with E-state index >= 15 is 0 Å². The molecular formula is C13H19N3O2. The minimum atomic E-state index is -0.982. The Labute approximate surface area is 107 Å². The Morgan fingerprint density at radius 2 is 1.89 bits per heavy atom. The topological polar surface area (TPSA) is 56.7 Å². The highest BCUT2D eigenvalue weighted by atomic mass is 16.4.